The van der Waals surface area contributed by atoms with Gasteiger partial charge >= 0.3 is 6.01 Å². The monoisotopic (exact) mass is 407 g/mol. The predicted molar refractivity (Wildman–Crippen MR) is 112 cm³/mol. The molecule has 0 fully saturated rings. The van der Waals surface area contributed by atoms with Crippen LogP contribution in [0.5, 0.6) is 6.01 Å². The van der Waals surface area contributed by atoms with Gasteiger partial charge in [-0.3, -0.25) is 0 Å². The zero-order valence-corrected chi connectivity index (χ0v) is 16.8. The van der Waals surface area contributed by atoms with Crippen LogP contribution in [0.4, 0.5) is 10.3 Å². The van der Waals surface area contributed by atoms with Crippen LogP contribution in [0.1, 0.15) is 23.9 Å². The third-order valence-corrected chi connectivity index (χ3v) is 4.67. The average molecular weight is 407 g/mol. The molecule has 2 aromatic heterocycles. The van der Waals surface area contributed by atoms with E-state index in [4.69, 9.17) is 10.5 Å². The second kappa shape index (κ2) is 8.42. The molecular weight excluding hydrogens is 385 g/mol. The fraction of sp³-hybridized carbons (Fsp3) is 0.238. The highest BCUT2D eigenvalue weighted by Crippen LogP contribution is 2.27. The number of halogens is 1. The van der Waals surface area contributed by atoms with Gasteiger partial charge in [-0.05, 0) is 29.3 Å². The highest BCUT2D eigenvalue weighted by atomic mass is 19.1. The number of aryl methyl sites for hydroxylation is 1. The summed E-state index contributed by atoms with van der Waals surface area (Å²) in [5.74, 6) is 1.10. The molecule has 0 spiro atoms. The van der Waals surface area contributed by atoms with Gasteiger partial charge in [0.25, 0.3) is 0 Å². The molecule has 0 bridgehead atoms. The lowest BCUT2D eigenvalue weighted by molar-refractivity contribution is 0.374. The van der Waals surface area contributed by atoms with Crippen LogP contribution in [0.15, 0.2) is 42.5 Å². The number of nitrogens with one attached hydrogen (secondary N) is 1. The van der Waals surface area contributed by atoms with Gasteiger partial charge in [0.15, 0.2) is 0 Å². The predicted octanol–water partition coefficient (Wildman–Crippen LogP) is 2.99. The zero-order chi connectivity index (χ0) is 21.1. The minimum absolute atomic E-state index is 0.287. The Kier molecular flexibility index (Phi) is 5.53. The number of para-hydroxylation sites is 1. The van der Waals surface area contributed by atoms with Gasteiger partial charge in [0.2, 0.25) is 11.9 Å². The maximum absolute atomic E-state index is 13.5. The van der Waals surface area contributed by atoms with Gasteiger partial charge in [0.1, 0.15) is 11.6 Å². The molecule has 8 nitrogen and oxygen atoms in total. The summed E-state index contributed by atoms with van der Waals surface area (Å²) >= 11 is 0. The van der Waals surface area contributed by atoms with Crippen LogP contribution < -0.4 is 15.8 Å². The Morgan fingerprint density at radius 1 is 1.10 bits per heavy atom. The normalized spacial score (nSPS) is 11.1. The molecule has 0 radical (unpaired) electrons. The lowest BCUT2D eigenvalue weighted by atomic mass is 10.2. The first-order valence-corrected chi connectivity index (χ1v) is 9.61. The molecule has 0 atom stereocenters. The van der Waals surface area contributed by atoms with Gasteiger partial charge in [-0.1, -0.05) is 31.2 Å². The fourth-order valence-corrected chi connectivity index (χ4v) is 3.20. The summed E-state index contributed by atoms with van der Waals surface area (Å²) < 4.78 is 20.7. The third-order valence-electron chi connectivity index (χ3n) is 4.67. The molecule has 4 rings (SSSR count). The second-order valence-corrected chi connectivity index (χ2v) is 6.64. The van der Waals surface area contributed by atoms with Crippen molar-refractivity contribution in [2.24, 2.45) is 5.73 Å². The number of rotatable bonds is 7. The summed E-state index contributed by atoms with van der Waals surface area (Å²) in [7, 11) is 1.55. The molecule has 0 unspecified atom stereocenters. The van der Waals surface area contributed by atoms with Crippen LogP contribution in [0, 0.1) is 5.82 Å². The number of nitrogens with two attached hydrogens (primary N) is 1. The first kappa shape index (κ1) is 19.7. The van der Waals surface area contributed by atoms with E-state index in [1.165, 1.54) is 12.1 Å². The van der Waals surface area contributed by atoms with Gasteiger partial charge in [0, 0.05) is 19.5 Å². The number of hydrogen-bond donors (Lipinski definition) is 2. The molecule has 9 heteroatoms. The molecule has 30 heavy (non-hydrogen) atoms. The Hall–Kier alpha value is -3.59. The Bertz CT molecular complexity index is 1190. The first-order chi connectivity index (χ1) is 14.6. The minimum atomic E-state index is -0.287. The molecule has 2 aromatic carbocycles. The van der Waals surface area contributed by atoms with Gasteiger partial charge in [-0.25, -0.2) is 8.96 Å². The van der Waals surface area contributed by atoms with Crippen molar-refractivity contribution in [3.63, 3.8) is 0 Å². The summed E-state index contributed by atoms with van der Waals surface area (Å²) in [5.41, 5.74) is 9.08. The molecule has 0 saturated heterocycles. The largest absolute Gasteiger partial charge is 0.468 e. The van der Waals surface area contributed by atoms with E-state index in [2.05, 4.69) is 25.3 Å². The van der Waals surface area contributed by atoms with Crippen molar-refractivity contribution in [1.82, 2.24) is 24.5 Å². The van der Waals surface area contributed by atoms with E-state index in [0.717, 1.165) is 22.2 Å². The van der Waals surface area contributed by atoms with E-state index in [-0.39, 0.29) is 5.82 Å². The Labute approximate surface area is 173 Å². The van der Waals surface area contributed by atoms with Crippen LogP contribution >= 0.6 is 0 Å². The SMILES string of the molecule is CCc1nc(NCc2cccc(F)c2)nc(-n2c(OC)nc3c(CN)cccc32)n1. The standard InChI is InChI=1S/C21H22FN7O/c1-3-17-25-19(24-12-13-6-4-8-15(22)10-13)28-20(26-17)29-16-9-5-7-14(11-23)18(16)27-21(29)30-2/h4-10H,3,11-12,23H2,1-2H3,(H,24,25,26,28). The molecule has 0 aliphatic heterocycles. The summed E-state index contributed by atoms with van der Waals surface area (Å²) in [5, 5.41) is 3.15. The van der Waals surface area contributed by atoms with Crippen LogP contribution in [0.3, 0.4) is 0 Å². The lowest BCUT2D eigenvalue weighted by Crippen LogP contribution is -2.12. The number of methoxy groups -OCH3 is 1. The van der Waals surface area contributed by atoms with Gasteiger partial charge < -0.3 is 15.8 Å². The van der Waals surface area contributed by atoms with Crippen molar-refractivity contribution >= 4 is 17.0 Å². The highest BCUT2D eigenvalue weighted by Gasteiger charge is 2.18. The maximum atomic E-state index is 13.5. The number of fused-ring (bicyclic) bond motifs is 1. The molecule has 0 aliphatic carbocycles. The highest BCUT2D eigenvalue weighted by molar-refractivity contribution is 5.81. The Morgan fingerprint density at radius 2 is 1.93 bits per heavy atom. The quantitative estimate of drug-likeness (QED) is 0.485. The number of nitrogens with zero attached hydrogens (tertiary/aromatic N) is 5. The smallest absolute Gasteiger partial charge is 0.304 e. The Morgan fingerprint density at radius 3 is 2.67 bits per heavy atom. The number of hydrogen-bond acceptors (Lipinski definition) is 7. The summed E-state index contributed by atoms with van der Waals surface area (Å²) in [4.78, 5) is 18.1. The summed E-state index contributed by atoms with van der Waals surface area (Å²) in [6, 6.07) is 12.5. The average Bonchev–Trinajstić information content (AvgIpc) is 3.16. The topological polar surface area (TPSA) is 104 Å². The molecule has 0 saturated carbocycles. The van der Waals surface area contributed by atoms with E-state index in [0.29, 0.717) is 43.2 Å². The van der Waals surface area contributed by atoms with E-state index in [1.807, 2.05) is 31.2 Å². The molecule has 3 N–H and O–H groups in total. The van der Waals surface area contributed by atoms with Crippen molar-refractivity contribution < 1.29 is 9.13 Å². The van der Waals surface area contributed by atoms with Crippen molar-refractivity contribution in [2.45, 2.75) is 26.4 Å². The minimum Gasteiger partial charge on any atom is -0.468 e. The van der Waals surface area contributed by atoms with E-state index in [1.54, 1.807) is 17.7 Å². The number of aromatic nitrogens is 5. The molecule has 0 aliphatic rings. The Balaban J connectivity index is 1.77. The van der Waals surface area contributed by atoms with Gasteiger partial charge in [-0.2, -0.15) is 19.9 Å². The summed E-state index contributed by atoms with van der Waals surface area (Å²) in [6.45, 7) is 2.70. The zero-order valence-electron chi connectivity index (χ0n) is 16.8. The summed E-state index contributed by atoms with van der Waals surface area (Å²) in [6.07, 6.45) is 0.618. The van der Waals surface area contributed by atoms with Gasteiger partial charge in [0.05, 0.1) is 18.1 Å². The van der Waals surface area contributed by atoms with Crippen LogP contribution in [0.25, 0.3) is 17.0 Å². The van der Waals surface area contributed by atoms with E-state index < -0.39 is 0 Å². The molecular formula is C21H22FN7O. The fourth-order valence-electron chi connectivity index (χ4n) is 3.20. The number of ether oxygens (including phenoxy) is 1. The van der Waals surface area contributed by atoms with Crippen molar-refractivity contribution in [1.29, 1.82) is 0 Å². The molecule has 2 heterocycles. The molecule has 4 aromatic rings. The number of anilines is 1. The van der Waals surface area contributed by atoms with E-state index in [9.17, 15) is 4.39 Å². The molecule has 154 valence electrons. The first-order valence-electron chi connectivity index (χ1n) is 9.61. The van der Waals surface area contributed by atoms with Crippen molar-refractivity contribution in [3.05, 3.63) is 65.2 Å². The van der Waals surface area contributed by atoms with Crippen molar-refractivity contribution in [2.75, 3.05) is 12.4 Å². The third kappa shape index (κ3) is 3.79. The van der Waals surface area contributed by atoms with E-state index >= 15 is 0 Å². The number of benzene rings is 2. The molecule has 0 amide bonds. The second-order valence-electron chi connectivity index (χ2n) is 6.64. The number of imidazole rings is 1. The van der Waals surface area contributed by atoms with Crippen LogP contribution in [0.2, 0.25) is 0 Å². The van der Waals surface area contributed by atoms with Crippen LogP contribution in [-0.2, 0) is 19.5 Å². The van der Waals surface area contributed by atoms with Crippen LogP contribution in [-0.4, -0.2) is 31.6 Å². The van der Waals surface area contributed by atoms with Gasteiger partial charge in [-0.15, -0.1) is 0 Å². The van der Waals surface area contributed by atoms with Crippen molar-refractivity contribution in [3.8, 4) is 12.0 Å². The maximum Gasteiger partial charge on any atom is 0.304 e. The lowest BCUT2D eigenvalue weighted by Gasteiger charge is -2.11.